The van der Waals surface area contributed by atoms with Gasteiger partial charge in [0, 0.05) is 17.5 Å². The van der Waals surface area contributed by atoms with Crippen LogP contribution in [-0.2, 0) is 5.41 Å². The Morgan fingerprint density at radius 2 is 2.07 bits per heavy atom. The van der Waals surface area contributed by atoms with Crippen LogP contribution in [0.4, 0.5) is 5.82 Å². The molecule has 0 amide bonds. The highest BCUT2D eigenvalue weighted by atomic mass is 15.4. The number of fused-ring (bicyclic) bond motifs is 1. The van der Waals surface area contributed by atoms with E-state index in [1.54, 1.807) is 0 Å². The van der Waals surface area contributed by atoms with Gasteiger partial charge in [-0.1, -0.05) is 20.8 Å². The van der Waals surface area contributed by atoms with E-state index in [0.717, 1.165) is 6.42 Å². The molecule has 0 fully saturated rings. The average molecular weight is 207 g/mol. The molecule has 0 aromatic carbocycles. The summed E-state index contributed by atoms with van der Waals surface area (Å²) in [4.78, 5) is 0. The molecule has 0 aliphatic carbocycles. The SMILES string of the molecule is CC1CC(C)n2nc(C(C)(C)C)cc2N1. The maximum absolute atomic E-state index is 4.69. The lowest BCUT2D eigenvalue weighted by molar-refractivity contribution is 0.405. The standard InChI is InChI=1S/C12H21N3/c1-8-6-9(2)15-11(13-8)7-10(14-15)12(3,4)5/h7-9,13H,6H2,1-5H3. The van der Waals surface area contributed by atoms with Crippen molar-refractivity contribution in [3.05, 3.63) is 11.8 Å². The Balaban J connectivity index is 2.39. The van der Waals surface area contributed by atoms with Crippen molar-refractivity contribution in [2.45, 2.75) is 58.5 Å². The third-order valence-electron chi connectivity index (χ3n) is 3.01. The number of rotatable bonds is 0. The minimum Gasteiger partial charge on any atom is -0.368 e. The van der Waals surface area contributed by atoms with Crippen LogP contribution in [0.2, 0.25) is 0 Å². The summed E-state index contributed by atoms with van der Waals surface area (Å²) in [5.41, 5.74) is 1.31. The smallest absolute Gasteiger partial charge is 0.125 e. The Kier molecular flexibility index (Phi) is 2.28. The summed E-state index contributed by atoms with van der Waals surface area (Å²) in [6.45, 7) is 11.1. The lowest BCUT2D eigenvalue weighted by Crippen LogP contribution is -2.28. The van der Waals surface area contributed by atoms with Gasteiger partial charge in [0.05, 0.1) is 11.7 Å². The monoisotopic (exact) mass is 207 g/mol. The summed E-state index contributed by atoms with van der Waals surface area (Å²) < 4.78 is 2.13. The highest BCUT2D eigenvalue weighted by molar-refractivity contribution is 5.42. The maximum atomic E-state index is 4.69. The maximum Gasteiger partial charge on any atom is 0.125 e. The third-order valence-corrected chi connectivity index (χ3v) is 3.01. The van der Waals surface area contributed by atoms with Gasteiger partial charge >= 0.3 is 0 Å². The molecule has 0 bridgehead atoms. The van der Waals surface area contributed by atoms with E-state index >= 15 is 0 Å². The Morgan fingerprint density at radius 1 is 1.40 bits per heavy atom. The Morgan fingerprint density at radius 3 is 2.67 bits per heavy atom. The molecule has 0 spiro atoms. The lowest BCUT2D eigenvalue weighted by Gasteiger charge is -2.27. The predicted molar refractivity (Wildman–Crippen MR) is 63.3 cm³/mol. The minimum absolute atomic E-state index is 0.134. The Hall–Kier alpha value is -0.990. The first-order valence-corrected chi connectivity index (χ1v) is 5.74. The number of nitrogens with one attached hydrogen (secondary N) is 1. The Labute approximate surface area is 91.9 Å². The van der Waals surface area contributed by atoms with Crippen LogP contribution < -0.4 is 5.32 Å². The second-order valence-electron chi connectivity index (χ2n) is 5.74. The number of hydrogen-bond acceptors (Lipinski definition) is 2. The highest BCUT2D eigenvalue weighted by Gasteiger charge is 2.26. The van der Waals surface area contributed by atoms with Gasteiger partial charge in [-0.05, 0) is 20.3 Å². The van der Waals surface area contributed by atoms with Gasteiger partial charge in [0.15, 0.2) is 0 Å². The largest absolute Gasteiger partial charge is 0.368 e. The molecule has 2 atom stereocenters. The Bertz CT molecular complexity index is 359. The first-order chi connectivity index (χ1) is 6.88. The van der Waals surface area contributed by atoms with E-state index in [2.05, 4.69) is 50.7 Å². The van der Waals surface area contributed by atoms with Gasteiger partial charge in [0.25, 0.3) is 0 Å². The zero-order valence-corrected chi connectivity index (χ0v) is 10.3. The van der Waals surface area contributed by atoms with Crippen LogP contribution in [0.25, 0.3) is 0 Å². The highest BCUT2D eigenvalue weighted by Crippen LogP contribution is 2.31. The van der Waals surface area contributed by atoms with E-state index < -0.39 is 0 Å². The van der Waals surface area contributed by atoms with Crippen LogP contribution in [0.1, 0.15) is 52.8 Å². The first kappa shape index (κ1) is 10.5. The summed E-state index contributed by atoms with van der Waals surface area (Å²) >= 11 is 0. The summed E-state index contributed by atoms with van der Waals surface area (Å²) in [5, 5.41) is 8.17. The van der Waals surface area contributed by atoms with Gasteiger partial charge in [-0.15, -0.1) is 0 Å². The van der Waals surface area contributed by atoms with Gasteiger partial charge in [0.1, 0.15) is 5.82 Å². The number of hydrogen-bond donors (Lipinski definition) is 1. The molecule has 3 heteroatoms. The van der Waals surface area contributed by atoms with Gasteiger partial charge in [-0.3, -0.25) is 0 Å². The molecule has 2 unspecified atom stereocenters. The molecule has 0 radical (unpaired) electrons. The normalized spacial score (nSPS) is 25.9. The number of aromatic nitrogens is 2. The summed E-state index contributed by atoms with van der Waals surface area (Å²) in [5.74, 6) is 1.17. The fraction of sp³-hybridized carbons (Fsp3) is 0.750. The van der Waals surface area contributed by atoms with Crippen LogP contribution in [-0.4, -0.2) is 15.8 Å². The molecule has 0 saturated heterocycles. The molecular weight excluding hydrogens is 186 g/mol. The van der Waals surface area contributed by atoms with Crippen molar-refractivity contribution in [2.24, 2.45) is 0 Å². The molecule has 84 valence electrons. The molecule has 2 rings (SSSR count). The van der Waals surface area contributed by atoms with E-state index in [1.807, 2.05) is 0 Å². The molecule has 15 heavy (non-hydrogen) atoms. The number of nitrogens with zero attached hydrogens (tertiary/aromatic N) is 2. The minimum atomic E-state index is 0.134. The van der Waals surface area contributed by atoms with Gasteiger partial charge in [-0.25, -0.2) is 4.68 Å². The summed E-state index contributed by atoms with van der Waals surface area (Å²) in [7, 11) is 0. The fourth-order valence-corrected chi connectivity index (χ4v) is 2.13. The summed E-state index contributed by atoms with van der Waals surface area (Å²) in [6, 6.07) is 3.25. The molecule has 1 aliphatic heterocycles. The zero-order valence-electron chi connectivity index (χ0n) is 10.3. The van der Waals surface area contributed by atoms with E-state index in [-0.39, 0.29) is 5.41 Å². The van der Waals surface area contributed by atoms with E-state index in [0.29, 0.717) is 12.1 Å². The lowest BCUT2D eigenvalue weighted by atomic mass is 9.92. The molecule has 1 N–H and O–H groups in total. The molecule has 1 aromatic rings. The molecule has 1 aromatic heterocycles. The molecule has 0 saturated carbocycles. The van der Waals surface area contributed by atoms with Crippen LogP contribution in [0, 0.1) is 0 Å². The van der Waals surface area contributed by atoms with Crippen LogP contribution in [0.3, 0.4) is 0 Å². The van der Waals surface area contributed by atoms with Crippen LogP contribution in [0.15, 0.2) is 6.07 Å². The van der Waals surface area contributed by atoms with Gasteiger partial charge < -0.3 is 5.32 Å². The molecular formula is C12H21N3. The van der Waals surface area contributed by atoms with Crippen molar-refractivity contribution >= 4 is 5.82 Å². The van der Waals surface area contributed by atoms with E-state index in [1.165, 1.54) is 11.5 Å². The fourth-order valence-electron chi connectivity index (χ4n) is 2.13. The van der Waals surface area contributed by atoms with Crippen molar-refractivity contribution in [3.63, 3.8) is 0 Å². The average Bonchev–Trinajstić information content (AvgIpc) is 2.46. The molecule has 3 nitrogen and oxygen atoms in total. The van der Waals surface area contributed by atoms with E-state index in [4.69, 9.17) is 5.10 Å². The van der Waals surface area contributed by atoms with Crippen molar-refractivity contribution in [2.75, 3.05) is 5.32 Å². The van der Waals surface area contributed by atoms with Gasteiger partial charge in [-0.2, -0.15) is 5.10 Å². The van der Waals surface area contributed by atoms with Crippen molar-refractivity contribution in [3.8, 4) is 0 Å². The zero-order chi connectivity index (χ0) is 11.2. The second-order valence-corrected chi connectivity index (χ2v) is 5.74. The van der Waals surface area contributed by atoms with Crippen molar-refractivity contribution < 1.29 is 0 Å². The van der Waals surface area contributed by atoms with E-state index in [9.17, 15) is 0 Å². The summed E-state index contributed by atoms with van der Waals surface area (Å²) in [6.07, 6.45) is 1.15. The predicted octanol–water partition coefficient (Wildman–Crippen LogP) is 2.95. The quantitative estimate of drug-likeness (QED) is 0.709. The third kappa shape index (κ3) is 1.87. The van der Waals surface area contributed by atoms with Crippen molar-refractivity contribution in [1.29, 1.82) is 0 Å². The van der Waals surface area contributed by atoms with Crippen molar-refractivity contribution in [1.82, 2.24) is 9.78 Å². The van der Waals surface area contributed by atoms with Crippen LogP contribution >= 0.6 is 0 Å². The van der Waals surface area contributed by atoms with Gasteiger partial charge in [0.2, 0.25) is 0 Å². The van der Waals surface area contributed by atoms with Crippen LogP contribution in [0.5, 0.6) is 0 Å². The topological polar surface area (TPSA) is 29.9 Å². The second kappa shape index (κ2) is 3.26. The first-order valence-electron chi connectivity index (χ1n) is 5.74. The molecule has 2 heterocycles. The molecule has 1 aliphatic rings. The number of anilines is 1.